The van der Waals surface area contributed by atoms with Gasteiger partial charge in [-0.1, -0.05) is 17.7 Å². The van der Waals surface area contributed by atoms with Gasteiger partial charge in [-0.2, -0.15) is 0 Å². The Bertz CT molecular complexity index is 825. The van der Waals surface area contributed by atoms with Gasteiger partial charge in [-0.25, -0.2) is 12.8 Å². The molecule has 2 aromatic rings. The Kier molecular flexibility index (Phi) is 4.68. The van der Waals surface area contributed by atoms with Crippen LogP contribution in [0.2, 0.25) is 5.02 Å². The highest BCUT2D eigenvalue weighted by atomic mass is 35.5. The van der Waals surface area contributed by atoms with Gasteiger partial charge < -0.3 is 5.32 Å². The standard InChI is InChI=1S/C14H12ClFN2O3S/c1-22(20,21)18-13-6-5-9(7-12(13)15)14(19)17-11-4-2-3-10(16)8-11/h2-8,18H,1H3,(H,17,19). The Balaban J connectivity index is 2.19. The van der Waals surface area contributed by atoms with Crippen molar-refractivity contribution >= 4 is 38.9 Å². The molecule has 5 nitrogen and oxygen atoms in total. The van der Waals surface area contributed by atoms with Crippen LogP contribution in [0.1, 0.15) is 10.4 Å². The normalized spacial score (nSPS) is 11.0. The number of anilines is 2. The van der Waals surface area contributed by atoms with E-state index in [0.717, 1.165) is 6.26 Å². The number of sulfonamides is 1. The SMILES string of the molecule is CS(=O)(=O)Nc1ccc(C(=O)Nc2cccc(F)c2)cc1Cl. The summed E-state index contributed by atoms with van der Waals surface area (Å²) in [6.45, 7) is 0. The lowest BCUT2D eigenvalue weighted by Crippen LogP contribution is -2.13. The van der Waals surface area contributed by atoms with E-state index in [0.29, 0.717) is 5.69 Å². The molecular formula is C14H12ClFN2O3S. The van der Waals surface area contributed by atoms with Crippen molar-refractivity contribution in [2.45, 2.75) is 0 Å². The minimum Gasteiger partial charge on any atom is -0.322 e. The topological polar surface area (TPSA) is 75.3 Å². The van der Waals surface area contributed by atoms with Gasteiger partial charge in [0.15, 0.2) is 0 Å². The van der Waals surface area contributed by atoms with Crippen molar-refractivity contribution in [1.82, 2.24) is 0 Å². The van der Waals surface area contributed by atoms with Crippen LogP contribution in [0.3, 0.4) is 0 Å². The number of carbonyl (C=O) groups excluding carboxylic acids is 1. The number of nitrogens with one attached hydrogen (secondary N) is 2. The van der Waals surface area contributed by atoms with E-state index < -0.39 is 21.7 Å². The first kappa shape index (κ1) is 16.3. The Morgan fingerprint density at radius 3 is 2.50 bits per heavy atom. The minimum atomic E-state index is -3.46. The lowest BCUT2D eigenvalue weighted by Gasteiger charge is -2.09. The second-order valence-corrected chi connectivity index (χ2v) is 6.69. The molecule has 0 atom stereocenters. The monoisotopic (exact) mass is 342 g/mol. The Hall–Kier alpha value is -2.12. The minimum absolute atomic E-state index is 0.0808. The summed E-state index contributed by atoms with van der Waals surface area (Å²) in [6, 6.07) is 9.57. The van der Waals surface area contributed by atoms with Crippen LogP contribution in [-0.4, -0.2) is 20.6 Å². The number of hydrogen-bond acceptors (Lipinski definition) is 3. The molecule has 0 spiro atoms. The highest BCUT2D eigenvalue weighted by Crippen LogP contribution is 2.24. The number of halogens is 2. The zero-order valence-electron chi connectivity index (χ0n) is 11.4. The van der Waals surface area contributed by atoms with E-state index in [-0.39, 0.29) is 16.3 Å². The van der Waals surface area contributed by atoms with E-state index in [1.807, 2.05) is 0 Å². The highest BCUT2D eigenvalue weighted by molar-refractivity contribution is 7.92. The summed E-state index contributed by atoms with van der Waals surface area (Å²) in [5.74, 6) is -0.957. The summed E-state index contributed by atoms with van der Waals surface area (Å²) in [7, 11) is -3.46. The van der Waals surface area contributed by atoms with Crippen LogP contribution in [0.5, 0.6) is 0 Å². The third kappa shape index (κ3) is 4.44. The molecule has 0 aromatic heterocycles. The molecule has 22 heavy (non-hydrogen) atoms. The molecule has 0 heterocycles. The van der Waals surface area contributed by atoms with Gasteiger partial charge in [0.05, 0.1) is 17.0 Å². The summed E-state index contributed by atoms with van der Waals surface area (Å²) in [4.78, 5) is 12.0. The molecule has 0 aliphatic carbocycles. The predicted molar refractivity (Wildman–Crippen MR) is 84.3 cm³/mol. The average Bonchev–Trinajstić information content (AvgIpc) is 2.39. The molecule has 2 rings (SSSR count). The molecule has 0 unspecified atom stereocenters. The summed E-state index contributed by atoms with van der Waals surface area (Å²) in [5.41, 5.74) is 0.694. The molecule has 0 saturated heterocycles. The van der Waals surface area contributed by atoms with Crippen molar-refractivity contribution < 1.29 is 17.6 Å². The van der Waals surface area contributed by atoms with Crippen molar-refractivity contribution in [1.29, 1.82) is 0 Å². The largest absolute Gasteiger partial charge is 0.322 e. The first-order valence-electron chi connectivity index (χ1n) is 6.09. The molecule has 0 saturated carbocycles. The lowest BCUT2D eigenvalue weighted by atomic mass is 10.2. The molecule has 1 amide bonds. The van der Waals surface area contributed by atoms with Crippen LogP contribution >= 0.6 is 11.6 Å². The van der Waals surface area contributed by atoms with Gasteiger partial charge in [0.25, 0.3) is 5.91 Å². The molecule has 8 heteroatoms. The van der Waals surface area contributed by atoms with Gasteiger partial charge in [0, 0.05) is 11.3 Å². The first-order chi connectivity index (χ1) is 10.2. The second kappa shape index (κ2) is 6.33. The molecule has 2 aromatic carbocycles. The predicted octanol–water partition coefficient (Wildman–Crippen LogP) is 3.10. The number of benzene rings is 2. The molecule has 0 fully saturated rings. The fraction of sp³-hybridized carbons (Fsp3) is 0.0714. The maximum atomic E-state index is 13.1. The Morgan fingerprint density at radius 2 is 1.91 bits per heavy atom. The first-order valence-corrected chi connectivity index (χ1v) is 8.36. The van der Waals surface area contributed by atoms with Crippen LogP contribution < -0.4 is 10.0 Å². The third-order valence-corrected chi connectivity index (χ3v) is 3.51. The van der Waals surface area contributed by atoms with Gasteiger partial charge in [-0.05, 0) is 36.4 Å². The number of rotatable bonds is 4. The van der Waals surface area contributed by atoms with Gasteiger partial charge in [-0.15, -0.1) is 0 Å². The fourth-order valence-electron chi connectivity index (χ4n) is 1.71. The maximum absolute atomic E-state index is 13.1. The van der Waals surface area contributed by atoms with E-state index in [4.69, 9.17) is 11.6 Å². The molecule has 0 aliphatic heterocycles. The number of amides is 1. The highest BCUT2D eigenvalue weighted by Gasteiger charge is 2.11. The van der Waals surface area contributed by atoms with E-state index in [2.05, 4.69) is 10.0 Å². The third-order valence-electron chi connectivity index (χ3n) is 2.61. The van der Waals surface area contributed by atoms with Crippen molar-refractivity contribution in [2.75, 3.05) is 16.3 Å². The molecule has 116 valence electrons. The zero-order valence-corrected chi connectivity index (χ0v) is 13.0. The maximum Gasteiger partial charge on any atom is 0.255 e. The van der Waals surface area contributed by atoms with Crippen molar-refractivity contribution in [3.8, 4) is 0 Å². The molecular weight excluding hydrogens is 331 g/mol. The van der Waals surface area contributed by atoms with Crippen LogP contribution in [0, 0.1) is 5.82 Å². The molecule has 0 radical (unpaired) electrons. The van der Waals surface area contributed by atoms with Crippen LogP contribution in [-0.2, 0) is 10.0 Å². The summed E-state index contributed by atoms with van der Waals surface area (Å²) in [6.07, 6.45) is 0.994. The van der Waals surface area contributed by atoms with E-state index in [9.17, 15) is 17.6 Å². The summed E-state index contributed by atoms with van der Waals surface area (Å²) >= 11 is 5.94. The Morgan fingerprint density at radius 1 is 1.18 bits per heavy atom. The van der Waals surface area contributed by atoms with Crippen LogP contribution in [0.4, 0.5) is 15.8 Å². The quantitative estimate of drug-likeness (QED) is 0.896. The van der Waals surface area contributed by atoms with E-state index in [1.165, 1.54) is 36.4 Å². The molecule has 0 aliphatic rings. The van der Waals surface area contributed by atoms with Gasteiger partial charge in [0.1, 0.15) is 5.82 Å². The van der Waals surface area contributed by atoms with Gasteiger partial charge in [-0.3, -0.25) is 9.52 Å². The van der Waals surface area contributed by atoms with Crippen LogP contribution in [0.25, 0.3) is 0 Å². The average molecular weight is 343 g/mol. The van der Waals surface area contributed by atoms with E-state index in [1.54, 1.807) is 6.07 Å². The van der Waals surface area contributed by atoms with Gasteiger partial charge in [0.2, 0.25) is 10.0 Å². The fourth-order valence-corrected chi connectivity index (χ4v) is 2.57. The summed E-state index contributed by atoms with van der Waals surface area (Å²) in [5, 5.41) is 2.60. The van der Waals surface area contributed by atoms with Crippen molar-refractivity contribution in [3.63, 3.8) is 0 Å². The van der Waals surface area contributed by atoms with Crippen LogP contribution in [0.15, 0.2) is 42.5 Å². The summed E-state index contributed by atoms with van der Waals surface area (Å²) < 4.78 is 37.6. The molecule has 2 N–H and O–H groups in total. The lowest BCUT2D eigenvalue weighted by molar-refractivity contribution is 0.102. The van der Waals surface area contributed by atoms with Gasteiger partial charge >= 0.3 is 0 Å². The van der Waals surface area contributed by atoms with Crippen molar-refractivity contribution in [2.24, 2.45) is 0 Å². The number of hydrogen-bond donors (Lipinski definition) is 2. The Labute approximate surface area is 132 Å². The smallest absolute Gasteiger partial charge is 0.255 e. The van der Waals surface area contributed by atoms with E-state index >= 15 is 0 Å². The second-order valence-electron chi connectivity index (χ2n) is 4.53. The number of carbonyl (C=O) groups is 1. The molecule has 0 bridgehead atoms. The van der Waals surface area contributed by atoms with Crippen molar-refractivity contribution in [3.05, 3.63) is 58.9 Å². The zero-order chi connectivity index (χ0) is 16.3.